The summed E-state index contributed by atoms with van der Waals surface area (Å²) in [4.78, 5) is 17.4. The highest BCUT2D eigenvalue weighted by Gasteiger charge is 2.19. The number of hydrogen-bond donors (Lipinski definition) is 2. The standard InChI is InChI=1S/C28H31N3O3/c1-5-20-8-6-7-18(2)27(20)31-28(32)30-22-11-9-19(10-12-22)15-24-23-17-26(34-4)25(33-3)16-21(23)13-14-29-24/h6-12,16-17H,5,13-15H2,1-4H3,(H2,30,31,32). The minimum atomic E-state index is -0.247. The first-order valence-corrected chi connectivity index (χ1v) is 11.6. The Balaban J connectivity index is 1.44. The maximum atomic E-state index is 12.6. The van der Waals surface area contributed by atoms with Crippen LogP contribution in [0.4, 0.5) is 16.2 Å². The molecule has 0 aliphatic carbocycles. The Morgan fingerprint density at radius 3 is 2.44 bits per heavy atom. The summed E-state index contributed by atoms with van der Waals surface area (Å²) in [5.41, 5.74) is 8.27. The number of rotatable bonds is 7. The van der Waals surface area contributed by atoms with Gasteiger partial charge in [0.2, 0.25) is 0 Å². The van der Waals surface area contributed by atoms with Crippen molar-refractivity contribution in [1.29, 1.82) is 0 Å². The predicted octanol–water partition coefficient (Wildman–Crippen LogP) is 5.81. The molecule has 4 rings (SSSR count). The number of fused-ring (bicyclic) bond motifs is 1. The van der Waals surface area contributed by atoms with E-state index in [1.165, 1.54) is 5.56 Å². The lowest BCUT2D eigenvalue weighted by Gasteiger charge is -2.20. The Labute approximate surface area is 201 Å². The molecule has 0 unspecified atom stereocenters. The molecule has 3 aromatic carbocycles. The van der Waals surface area contributed by atoms with Gasteiger partial charge in [0.25, 0.3) is 0 Å². The van der Waals surface area contributed by atoms with Crippen molar-refractivity contribution in [2.24, 2.45) is 4.99 Å². The van der Waals surface area contributed by atoms with Crippen molar-refractivity contribution < 1.29 is 14.3 Å². The van der Waals surface area contributed by atoms with E-state index < -0.39 is 0 Å². The van der Waals surface area contributed by atoms with E-state index in [0.29, 0.717) is 12.2 Å². The van der Waals surface area contributed by atoms with Crippen LogP contribution >= 0.6 is 0 Å². The van der Waals surface area contributed by atoms with Crippen molar-refractivity contribution in [3.63, 3.8) is 0 Å². The average molecular weight is 458 g/mol. The largest absolute Gasteiger partial charge is 0.493 e. The summed E-state index contributed by atoms with van der Waals surface area (Å²) >= 11 is 0. The molecule has 0 saturated carbocycles. The molecule has 1 aliphatic rings. The number of amides is 2. The van der Waals surface area contributed by atoms with E-state index in [4.69, 9.17) is 14.5 Å². The Kier molecular flexibility index (Phi) is 7.16. The van der Waals surface area contributed by atoms with Gasteiger partial charge in [-0.05, 0) is 66.3 Å². The average Bonchev–Trinajstić information content (AvgIpc) is 2.85. The minimum Gasteiger partial charge on any atom is -0.493 e. The number of benzene rings is 3. The normalized spacial score (nSPS) is 12.4. The smallest absolute Gasteiger partial charge is 0.323 e. The molecule has 176 valence electrons. The van der Waals surface area contributed by atoms with Crippen LogP contribution in [0.25, 0.3) is 0 Å². The highest BCUT2D eigenvalue weighted by molar-refractivity contribution is 6.04. The minimum absolute atomic E-state index is 0.247. The van der Waals surface area contributed by atoms with Crippen LogP contribution in [0.15, 0.2) is 59.6 Å². The first-order valence-electron chi connectivity index (χ1n) is 11.6. The van der Waals surface area contributed by atoms with Gasteiger partial charge in [0.1, 0.15) is 0 Å². The van der Waals surface area contributed by atoms with E-state index in [9.17, 15) is 4.79 Å². The van der Waals surface area contributed by atoms with Crippen molar-refractivity contribution in [3.05, 3.63) is 82.4 Å². The van der Waals surface area contributed by atoms with E-state index in [-0.39, 0.29) is 6.03 Å². The number of nitrogens with zero attached hydrogens (tertiary/aromatic N) is 1. The summed E-state index contributed by atoms with van der Waals surface area (Å²) in [6.07, 6.45) is 2.45. The maximum Gasteiger partial charge on any atom is 0.323 e. The monoisotopic (exact) mass is 457 g/mol. The Morgan fingerprint density at radius 1 is 1.00 bits per heavy atom. The van der Waals surface area contributed by atoms with Crippen LogP contribution in [0, 0.1) is 6.92 Å². The molecule has 0 atom stereocenters. The maximum absolute atomic E-state index is 12.6. The van der Waals surface area contributed by atoms with Gasteiger partial charge in [-0.2, -0.15) is 0 Å². The third-order valence-corrected chi connectivity index (χ3v) is 6.17. The molecule has 0 fully saturated rings. The number of para-hydroxylation sites is 1. The first kappa shape index (κ1) is 23.4. The number of ether oxygens (including phenoxy) is 2. The van der Waals surface area contributed by atoms with E-state index in [0.717, 1.165) is 64.5 Å². The lowest BCUT2D eigenvalue weighted by atomic mass is 9.93. The second-order valence-electron chi connectivity index (χ2n) is 8.36. The van der Waals surface area contributed by atoms with Gasteiger partial charge >= 0.3 is 6.03 Å². The zero-order chi connectivity index (χ0) is 24.1. The molecule has 3 aromatic rings. The molecule has 34 heavy (non-hydrogen) atoms. The topological polar surface area (TPSA) is 72.0 Å². The number of nitrogens with one attached hydrogen (secondary N) is 2. The van der Waals surface area contributed by atoms with Gasteiger partial charge in [-0.25, -0.2) is 4.79 Å². The molecular weight excluding hydrogens is 426 g/mol. The summed E-state index contributed by atoms with van der Waals surface area (Å²) < 4.78 is 10.9. The lowest BCUT2D eigenvalue weighted by molar-refractivity contribution is 0.262. The molecule has 0 aromatic heterocycles. The highest BCUT2D eigenvalue weighted by atomic mass is 16.5. The predicted molar refractivity (Wildman–Crippen MR) is 138 cm³/mol. The molecule has 6 heteroatoms. The van der Waals surface area contributed by atoms with Crippen LogP contribution in [-0.4, -0.2) is 32.5 Å². The van der Waals surface area contributed by atoms with Crippen molar-refractivity contribution in [1.82, 2.24) is 0 Å². The van der Waals surface area contributed by atoms with Crippen LogP contribution in [0.2, 0.25) is 0 Å². The second kappa shape index (κ2) is 10.4. The summed E-state index contributed by atoms with van der Waals surface area (Å²) in [7, 11) is 3.30. The Morgan fingerprint density at radius 2 is 1.74 bits per heavy atom. The van der Waals surface area contributed by atoms with Gasteiger partial charge < -0.3 is 20.1 Å². The third kappa shape index (κ3) is 5.06. The first-order chi connectivity index (χ1) is 16.5. The summed E-state index contributed by atoms with van der Waals surface area (Å²) in [5, 5.41) is 5.93. The van der Waals surface area contributed by atoms with Crippen LogP contribution < -0.4 is 20.1 Å². The molecule has 2 amide bonds. The fourth-order valence-electron chi connectivity index (χ4n) is 4.32. The van der Waals surface area contributed by atoms with Gasteiger partial charge in [0.05, 0.1) is 14.2 Å². The van der Waals surface area contributed by atoms with Crippen molar-refractivity contribution in [3.8, 4) is 11.5 Å². The van der Waals surface area contributed by atoms with Gasteiger partial charge in [0, 0.05) is 35.6 Å². The van der Waals surface area contributed by atoms with Gasteiger partial charge in [-0.1, -0.05) is 37.3 Å². The number of anilines is 2. The van der Waals surface area contributed by atoms with E-state index in [1.807, 2.05) is 61.5 Å². The van der Waals surface area contributed by atoms with Crippen molar-refractivity contribution >= 4 is 23.1 Å². The number of urea groups is 1. The lowest BCUT2D eigenvalue weighted by Crippen LogP contribution is -2.21. The van der Waals surface area contributed by atoms with E-state index in [2.05, 4.69) is 17.6 Å². The molecule has 0 saturated heterocycles. The number of carbonyl (C=O) groups is 1. The van der Waals surface area contributed by atoms with Gasteiger partial charge in [-0.3, -0.25) is 4.99 Å². The number of carbonyl (C=O) groups excluding carboxylic acids is 1. The summed E-state index contributed by atoms with van der Waals surface area (Å²) in [6.45, 7) is 4.84. The van der Waals surface area contributed by atoms with Crippen molar-refractivity contribution in [2.45, 2.75) is 33.1 Å². The molecule has 2 N–H and O–H groups in total. The van der Waals surface area contributed by atoms with Gasteiger partial charge in [-0.15, -0.1) is 0 Å². The molecule has 0 radical (unpaired) electrons. The summed E-state index contributed by atoms with van der Waals surface area (Å²) in [6, 6.07) is 17.8. The fraction of sp³-hybridized carbons (Fsp3) is 0.286. The third-order valence-electron chi connectivity index (χ3n) is 6.17. The van der Waals surface area contributed by atoms with Crippen LogP contribution in [-0.2, 0) is 19.3 Å². The van der Waals surface area contributed by atoms with Crippen LogP contribution in [0.1, 0.15) is 34.7 Å². The van der Waals surface area contributed by atoms with E-state index >= 15 is 0 Å². The molecule has 6 nitrogen and oxygen atoms in total. The molecule has 0 spiro atoms. The zero-order valence-electron chi connectivity index (χ0n) is 20.2. The number of methoxy groups -OCH3 is 2. The van der Waals surface area contributed by atoms with Crippen molar-refractivity contribution in [2.75, 3.05) is 31.4 Å². The molecular formula is C28H31N3O3. The highest BCUT2D eigenvalue weighted by Crippen LogP contribution is 2.33. The summed E-state index contributed by atoms with van der Waals surface area (Å²) in [5.74, 6) is 1.45. The fourth-order valence-corrected chi connectivity index (χ4v) is 4.32. The number of aryl methyl sites for hydroxylation is 2. The Hall–Kier alpha value is -3.80. The number of aliphatic imine (C=N–C) groups is 1. The Bertz CT molecular complexity index is 1220. The zero-order valence-corrected chi connectivity index (χ0v) is 20.2. The van der Waals surface area contributed by atoms with Crippen LogP contribution in [0.3, 0.4) is 0 Å². The van der Waals surface area contributed by atoms with Gasteiger partial charge in [0.15, 0.2) is 11.5 Å². The molecule has 0 bridgehead atoms. The van der Waals surface area contributed by atoms with Crippen LogP contribution in [0.5, 0.6) is 11.5 Å². The second-order valence-corrected chi connectivity index (χ2v) is 8.36. The SMILES string of the molecule is CCc1cccc(C)c1NC(=O)Nc1ccc(CC2=NCCc3cc(OC)c(OC)cc32)cc1. The molecule has 1 aliphatic heterocycles. The molecule has 1 heterocycles. The van der Waals surface area contributed by atoms with E-state index in [1.54, 1.807) is 14.2 Å². The quantitative estimate of drug-likeness (QED) is 0.471. The number of hydrogen-bond acceptors (Lipinski definition) is 4.